The number of carbonyl (C=O) groups excluding carboxylic acids is 1. The average Bonchev–Trinajstić information content (AvgIpc) is 2.82. The van der Waals surface area contributed by atoms with Gasteiger partial charge in [-0.05, 0) is 0 Å². The molecule has 0 fully saturated rings. The Bertz CT molecular complexity index is 754. The number of hydrogen-bond acceptors (Lipinski definition) is 3. The molecule has 0 aliphatic heterocycles. The number of fused-ring (bicyclic) bond motifs is 1. The Balaban J connectivity index is 1.91. The number of aromatic nitrogens is 1. The number of benzene rings is 2. The molecule has 0 amide bonds. The molecule has 3 aromatic rings. The van der Waals surface area contributed by atoms with Crippen LogP contribution in [0.1, 0.15) is 10.4 Å². The summed E-state index contributed by atoms with van der Waals surface area (Å²) in [6.07, 6.45) is 0. The van der Waals surface area contributed by atoms with Crippen LogP contribution in [0.2, 0.25) is 0 Å². The molecule has 0 unspecified atom stereocenters. The summed E-state index contributed by atoms with van der Waals surface area (Å²) in [6.45, 7) is 0. The third kappa shape index (κ3) is 2.43. The van der Waals surface area contributed by atoms with Crippen molar-refractivity contribution in [3.63, 3.8) is 0 Å². The zero-order valence-electron chi connectivity index (χ0n) is 9.67. The van der Waals surface area contributed by atoms with Crippen molar-refractivity contribution < 1.29 is 13.9 Å². The molecule has 2 aromatic carbocycles. The van der Waals surface area contributed by atoms with Gasteiger partial charge in [0.05, 0.1) is 0 Å². The van der Waals surface area contributed by atoms with Crippen LogP contribution >= 0.6 is 0 Å². The number of carbonyl (C=O) groups is 1. The topological polar surface area (TPSA) is 39.2 Å². The SMILES string of the molecule is O=C(Oc1n[se]c2ccccc12)c1cccc(F)c1. The first-order chi connectivity index (χ1) is 9.24. The van der Waals surface area contributed by atoms with Crippen molar-refractivity contribution in [3.05, 3.63) is 59.9 Å². The molecule has 0 radical (unpaired) electrons. The van der Waals surface area contributed by atoms with E-state index < -0.39 is 11.8 Å². The van der Waals surface area contributed by atoms with Crippen LogP contribution in [0, 0.1) is 5.82 Å². The fraction of sp³-hybridized carbons (Fsp3) is 0. The second-order valence-electron chi connectivity index (χ2n) is 3.88. The molecular formula is C14H8FNO2Se. The third-order valence-corrected chi connectivity index (χ3v) is 4.29. The number of hydrogen-bond donors (Lipinski definition) is 0. The minimum atomic E-state index is -0.592. The maximum absolute atomic E-state index is 13.0. The van der Waals surface area contributed by atoms with Crippen LogP contribution in [0.15, 0.2) is 48.5 Å². The normalized spacial score (nSPS) is 10.6. The summed E-state index contributed by atoms with van der Waals surface area (Å²) < 4.78 is 23.6. The van der Waals surface area contributed by atoms with E-state index in [4.69, 9.17) is 4.74 Å². The van der Waals surface area contributed by atoms with Crippen molar-refractivity contribution >= 4 is 30.3 Å². The maximum atomic E-state index is 13.0. The zero-order chi connectivity index (χ0) is 13.2. The summed E-state index contributed by atoms with van der Waals surface area (Å²) in [4.78, 5) is 11.9. The van der Waals surface area contributed by atoms with Crippen LogP contribution in [0.4, 0.5) is 4.39 Å². The summed E-state index contributed by atoms with van der Waals surface area (Å²) in [5.74, 6) is -0.733. The van der Waals surface area contributed by atoms with Crippen LogP contribution in [-0.4, -0.2) is 24.7 Å². The van der Waals surface area contributed by atoms with E-state index in [0.717, 1.165) is 15.7 Å². The number of ether oxygens (including phenoxy) is 1. The number of rotatable bonds is 2. The van der Waals surface area contributed by atoms with Gasteiger partial charge in [0.15, 0.2) is 0 Å². The van der Waals surface area contributed by atoms with Gasteiger partial charge in [0.2, 0.25) is 0 Å². The van der Waals surface area contributed by atoms with Crippen LogP contribution in [0.5, 0.6) is 5.88 Å². The van der Waals surface area contributed by atoms with Crippen LogP contribution < -0.4 is 4.74 Å². The molecule has 1 heterocycles. The van der Waals surface area contributed by atoms with Gasteiger partial charge in [-0.3, -0.25) is 0 Å². The van der Waals surface area contributed by atoms with Gasteiger partial charge >= 0.3 is 114 Å². The first-order valence-electron chi connectivity index (χ1n) is 5.56. The van der Waals surface area contributed by atoms with Gasteiger partial charge in [0.25, 0.3) is 0 Å². The van der Waals surface area contributed by atoms with Crippen molar-refractivity contribution in [1.29, 1.82) is 0 Å². The summed E-state index contributed by atoms with van der Waals surface area (Å²) in [7, 11) is 0. The molecule has 0 aliphatic rings. The van der Waals surface area contributed by atoms with Crippen molar-refractivity contribution in [2.24, 2.45) is 0 Å². The molecule has 94 valence electrons. The molecule has 0 atom stereocenters. The molecule has 1 aromatic heterocycles. The molecule has 0 bridgehead atoms. The Morgan fingerprint density at radius 1 is 1.16 bits per heavy atom. The van der Waals surface area contributed by atoms with E-state index in [0.29, 0.717) is 5.88 Å². The van der Waals surface area contributed by atoms with Crippen molar-refractivity contribution in [2.75, 3.05) is 0 Å². The Hall–Kier alpha value is -1.97. The summed E-state index contributed by atoms with van der Waals surface area (Å²) >= 11 is -0.0614. The van der Waals surface area contributed by atoms with Gasteiger partial charge in [-0.2, -0.15) is 0 Å². The molecule has 0 aliphatic carbocycles. The van der Waals surface area contributed by atoms with Crippen molar-refractivity contribution in [3.8, 4) is 5.88 Å². The Kier molecular flexibility index (Phi) is 3.15. The molecule has 19 heavy (non-hydrogen) atoms. The van der Waals surface area contributed by atoms with Gasteiger partial charge in [-0.25, -0.2) is 0 Å². The van der Waals surface area contributed by atoms with Crippen molar-refractivity contribution in [1.82, 2.24) is 3.98 Å². The average molecular weight is 320 g/mol. The minimum absolute atomic E-state index is 0.0614. The molecular weight excluding hydrogens is 312 g/mol. The predicted octanol–water partition coefficient (Wildman–Crippen LogP) is 2.65. The van der Waals surface area contributed by atoms with E-state index in [1.54, 1.807) is 0 Å². The fourth-order valence-corrected chi connectivity index (χ4v) is 3.19. The predicted molar refractivity (Wildman–Crippen MR) is 70.0 cm³/mol. The van der Waals surface area contributed by atoms with E-state index in [1.807, 2.05) is 24.3 Å². The van der Waals surface area contributed by atoms with Gasteiger partial charge < -0.3 is 0 Å². The summed E-state index contributed by atoms with van der Waals surface area (Å²) in [5, 5.41) is 0.840. The molecule has 0 N–H and O–H groups in total. The van der Waals surface area contributed by atoms with Crippen LogP contribution in [0.25, 0.3) is 9.65 Å². The van der Waals surface area contributed by atoms with Gasteiger partial charge in [-0.1, -0.05) is 0 Å². The number of halogens is 1. The quantitative estimate of drug-likeness (QED) is 0.538. The molecule has 5 heteroatoms. The molecule has 0 spiro atoms. The standard InChI is InChI=1S/C14H8FNO2Se/c15-10-5-3-4-9(8-10)14(17)18-13-11-6-1-2-7-12(11)19-16-13/h1-8H. The monoisotopic (exact) mass is 321 g/mol. The van der Waals surface area contributed by atoms with E-state index in [-0.39, 0.29) is 20.3 Å². The van der Waals surface area contributed by atoms with E-state index in [2.05, 4.69) is 3.98 Å². The number of nitrogens with zero attached hydrogens (tertiary/aromatic N) is 1. The van der Waals surface area contributed by atoms with Gasteiger partial charge in [0.1, 0.15) is 0 Å². The fourth-order valence-electron chi connectivity index (χ4n) is 1.70. The molecule has 0 saturated carbocycles. The van der Waals surface area contributed by atoms with E-state index >= 15 is 0 Å². The Morgan fingerprint density at radius 2 is 2.00 bits per heavy atom. The van der Waals surface area contributed by atoms with Crippen LogP contribution in [-0.2, 0) is 0 Å². The Labute approximate surface area is 114 Å². The molecule has 3 rings (SSSR count). The second-order valence-corrected chi connectivity index (χ2v) is 5.57. The first-order valence-corrected chi connectivity index (χ1v) is 7.18. The Morgan fingerprint density at radius 3 is 2.84 bits per heavy atom. The molecule has 3 nitrogen and oxygen atoms in total. The van der Waals surface area contributed by atoms with Gasteiger partial charge in [0, 0.05) is 0 Å². The van der Waals surface area contributed by atoms with Crippen molar-refractivity contribution in [2.45, 2.75) is 0 Å². The number of esters is 1. The van der Waals surface area contributed by atoms with Crippen LogP contribution in [0.3, 0.4) is 0 Å². The second kappa shape index (κ2) is 4.96. The molecule has 0 saturated heterocycles. The summed E-state index contributed by atoms with van der Waals surface area (Å²) in [6, 6.07) is 13.0. The van der Waals surface area contributed by atoms with E-state index in [1.165, 1.54) is 18.2 Å². The van der Waals surface area contributed by atoms with E-state index in [9.17, 15) is 9.18 Å². The third-order valence-electron chi connectivity index (χ3n) is 2.59. The first kappa shape index (κ1) is 12.1. The summed E-state index contributed by atoms with van der Waals surface area (Å²) in [5.41, 5.74) is 0.180. The zero-order valence-corrected chi connectivity index (χ0v) is 11.4. The van der Waals surface area contributed by atoms with Gasteiger partial charge in [-0.15, -0.1) is 0 Å².